The molecule has 0 aromatic heterocycles. The van der Waals surface area contributed by atoms with E-state index in [2.05, 4.69) is 0 Å². The quantitative estimate of drug-likeness (QED) is 0.838. The fourth-order valence-electron chi connectivity index (χ4n) is 1.48. The normalized spacial score (nSPS) is 11.2. The summed E-state index contributed by atoms with van der Waals surface area (Å²) in [4.78, 5) is 21.9. The van der Waals surface area contributed by atoms with Crippen molar-refractivity contribution in [2.24, 2.45) is 0 Å². The van der Waals surface area contributed by atoms with E-state index in [4.69, 9.17) is 0 Å². The van der Waals surface area contributed by atoms with E-state index in [9.17, 15) is 22.8 Å². The number of hydrogen-bond acceptors (Lipinski definition) is 2. The van der Waals surface area contributed by atoms with E-state index in [1.807, 2.05) is 0 Å². The molecular formula is C13H14F3NO2. The summed E-state index contributed by atoms with van der Waals surface area (Å²) in [6.45, 7) is 1.66. The minimum Gasteiger partial charge on any atom is -0.348 e. The molecule has 0 spiro atoms. The number of Topliss-reactive ketones (excluding diaryl/α,β-unsaturated/α-hetero) is 1. The van der Waals surface area contributed by atoms with Gasteiger partial charge in [-0.2, -0.15) is 13.2 Å². The Bertz CT molecular complexity index is 452. The van der Waals surface area contributed by atoms with Crippen LogP contribution < -0.4 is 5.32 Å². The second kappa shape index (κ2) is 6.36. The fourth-order valence-corrected chi connectivity index (χ4v) is 1.48. The Morgan fingerprint density at radius 1 is 1.16 bits per heavy atom. The summed E-state index contributed by atoms with van der Waals surface area (Å²) >= 11 is 0. The number of ketones is 1. The van der Waals surface area contributed by atoms with Crippen molar-refractivity contribution in [1.29, 1.82) is 0 Å². The highest BCUT2D eigenvalue weighted by atomic mass is 19.4. The van der Waals surface area contributed by atoms with Crippen LogP contribution in [-0.2, 0) is 11.2 Å². The summed E-state index contributed by atoms with van der Waals surface area (Å²) in [6, 6.07) is 6.60. The highest BCUT2D eigenvalue weighted by Gasteiger charge is 2.38. The minimum absolute atomic E-state index is 0.0110. The predicted octanol–water partition coefficient (Wildman–Crippen LogP) is 2.50. The first kappa shape index (κ1) is 15.2. The lowest BCUT2D eigenvalue weighted by atomic mass is 10.1. The van der Waals surface area contributed by atoms with E-state index in [-0.39, 0.29) is 18.7 Å². The average molecular weight is 273 g/mol. The van der Waals surface area contributed by atoms with Gasteiger partial charge in [-0.15, -0.1) is 0 Å². The molecule has 0 radical (unpaired) electrons. The summed E-state index contributed by atoms with van der Waals surface area (Å²) in [5.74, 6) is -1.93. The van der Waals surface area contributed by atoms with Gasteiger partial charge in [-0.3, -0.25) is 9.59 Å². The SMILES string of the molecule is CCC(=O)c1ccc(CCNC(=O)C(F)(F)F)cc1. The van der Waals surface area contributed by atoms with E-state index in [1.54, 1.807) is 36.5 Å². The average Bonchev–Trinajstić information content (AvgIpc) is 2.37. The summed E-state index contributed by atoms with van der Waals surface area (Å²) < 4.78 is 35.7. The maximum Gasteiger partial charge on any atom is 0.471 e. The number of carbonyl (C=O) groups is 2. The molecule has 19 heavy (non-hydrogen) atoms. The van der Waals surface area contributed by atoms with E-state index in [1.165, 1.54) is 0 Å². The Balaban J connectivity index is 2.47. The monoisotopic (exact) mass is 273 g/mol. The van der Waals surface area contributed by atoms with Crippen LogP contribution in [0, 0.1) is 0 Å². The first-order chi connectivity index (χ1) is 8.84. The van der Waals surface area contributed by atoms with Crippen molar-refractivity contribution in [3.63, 3.8) is 0 Å². The van der Waals surface area contributed by atoms with Crippen molar-refractivity contribution in [3.8, 4) is 0 Å². The van der Waals surface area contributed by atoms with E-state index in [0.717, 1.165) is 5.56 Å². The number of rotatable bonds is 5. The van der Waals surface area contributed by atoms with E-state index >= 15 is 0 Å². The zero-order chi connectivity index (χ0) is 14.5. The highest BCUT2D eigenvalue weighted by Crippen LogP contribution is 2.14. The Labute approximate surface area is 108 Å². The molecule has 0 aliphatic carbocycles. The number of alkyl halides is 3. The first-order valence-corrected chi connectivity index (χ1v) is 5.81. The second-order valence-electron chi connectivity index (χ2n) is 3.98. The molecule has 3 nitrogen and oxygen atoms in total. The van der Waals surface area contributed by atoms with Crippen molar-refractivity contribution in [3.05, 3.63) is 35.4 Å². The lowest BCUT2D eigenvalue weighted by Crippen LogP contribution is -2.37. The molecule has 0 aliphatic rings. The number of hydrogen-bond donors (Lipinski definition) is 1. The van der Waals surface area contributed by atoms with Crippen molar-refractivity contribution >= 4 is 11.7 Å². The molecule has 1 rings (SSSR count). The van der Waals surface area contributed by atoms with Gasteiger partial charge in [-0.1, -0.05) is 31.2 Å². The van der Waals surface area contributed by atoms with Crippen LogP contribution in [0.3, 0.4) is 0 Å². The smallest absolute Gasteiger partial charge is 0.348 e. The van der Waals surface area contributed by atoms with Crippen molar-refractivity contribution in [1.82, 2.24) is 5.32 Å². The summed E-state index contributed by atoms with van der Waals surface area (Å²) in [5, 5.41) is 1.79. The Morgan fingerprint density at radius 3 is 2.21 bits per heavy atom. The molecule has 0 saturated carbocycles. The minimum atomic E-state index is -4.85. The molecule has 1 amide bonds. The van der Waals surface area contributed by atoms with E-state index < -0.39 is 12.1 Å². The number of halogens is 3. The van der Waals surface area contributed by atoms with Crippen LogP contribution >= 0.6 is 0 Å². The third kappa shape index (κ3) is 4.73. The van der Waals surface area contributed by atoms with Crippen LogP contribution in [0.1, 0.15) is 29.3 Å². The zero-order valence-electron chi connectivity index (χ0n) is 10.4. The standard InChI is InChI=1S/C13H14F3NO2/c1-2-11(18)10-5-3-9(4-6-10)7-8-17-12(19)13(14,15)16/h3-6H,2,7-8H2,1H3,(H,17,19). The number of nitrogens with one attached hydrogen (secondary N) is 1. The van der Waals surface area contributed by atoms with Gasteiger partial charge in [0, 0.05) is 18.5 Å². The third-order valence-corrected chi connectivity index (χ3v) is 2.55. The molecular weight excluding hydrogens is 259 g/mol. The summed E-state index contributed by atoms with van der Waals surface area (Å²) in [7, 11) is 0. The Kier molecular flexibility index (Phi) is 5.09. The summed E-state index contributed by atoms with van der Waals surface area (Å²) in [6.07, 6.45) is -4.17. The van der Waals surface area contributed by atoms with Crippen LogP contribution in [0.25, 0.3) is 0 Å². The fraction of sp³-hybridized carbons (Fsp3) is 0.385. The zero-order valence-corrected chi connectivity index (χ0v) is 10.4. The van der Waals surface area contributed by atoms with Gasteiger partial charge in [0.05, 0.1) is 0 Å². The van der Waals surface area contributed by atoms with Crippen LogP contribution in [0.5, 0.6) is 0 Å². The Morgan fingerprint density at radius 2 is 1.74 bits per heavy atom. The molecule has 0 atom stereocenters. The molecule has 1 N–H and O–H groups in total. The molecule has 0 unspecified atom stereocenters. The largest absolute Gasteiger partial charge is 0.471 e. The van der Waals surface area contributed by atoms with Gasteiger partial charge in [-0.05, 0) is 12.0 Å². The van der Waals surface area contributed by atoms with Crippen LogP contribution in [0.2, 0.25) is 0 Å². The molecule has 0 fully saturated rings. The first-order valence-electron chi connectivity index (χ1n) is 5.81. The number of amides is 1. The van der Waals surface area contributed by atoms with Crippen molar-refractivity contribution in [2.75, 3.05) is 6.54 Å². The van der Waals surface area contributed by atoms with E-state index in [0.29, 0.717) is 12.0 Å². The van der Waals surface area contributed by atoms with Crippen LogP contribution in [0.15, 0.2) is 24.3 Å². The number of carbonyl (C=O) groups excluding carboxylic acids is 2. The number of benzene rings is 1. The molecule has 6 heteroatoms. The molecule has 1 aromatic carbocycles. The van der Waals surface area contributed by atoms with Gasteiger partial charge >= 0.3 is 12.1 Å². The van der Waals surface area contributed by atoms with Crippen LogP contribution in [0.4, 0.5) is 13.2 Å². The molecule has 0 aliphatic heterocycles. The molecule has 1 aromatic rings. The highest BCUT2D eigenvalue weighted by molar-refractivity contribution is 5.95. The summed E-state index contributed by atoms with van der Waals surface area (Å²) in [5.41, 5.74) is 1.33. The van der Waals surface area contributed by atoms with Gasteiger partial charge in [0.15, 0.2) is 5.78 Å². The lowest BCUT2D eigenvalue weighted by molar-refractivity contribution is -0.173. The lowest BCUT2D eigenvalue weighted by Gasteiger charge is -2.08. The van der Waals surface area contributed by atoms with Crippen LogP contribution in [-0.4, -0.2) is 24.4 Å². The van der Waals surface area contributed by atoms with Gasteiger partial charge in [0.25, 0.3) is 0 Å². The van der Waals surface area contributed by atoms with Gasteiger partial charge in [0.2, 0.25) is 0 Å². The second-order valence-corrected chi connectivity index (χ2v) is 3.98. The van der Waals surface area contributed by atoms with Gasteiger partial charge in [-0.25, -0.2) is 0 Å². The topological polar surface area (TPSA) is 46.2 Å². The van der Waals surface area contributed by atoms with Crippen molar-refractivity contribution < 1.29 is 22.8 Å². The predicted molar refractivity (Wildman–Crippen MR) is 63.8 cm³/mol. The van der Waals surface area contributed by atoms with Crippen molar-refractivity contribution in [2.45, 2.75) is 25.9 Å². The van der Waals surface area contributed by atoms with Gasteiger partial charge in [0.1, 0.15) is 0 Å². The van der Waals surface area contributed by atoms with Gasteiger partial charge < -0.3 is 5.32 Å². The molecule has 104 valence electrons. The maximum atomic E-state index is 11.9. The third-order valence-electron chi connectivity index (χ3n) is 2.55. The molecule has 0 heterocycles. The molecule has 0 bridgehead atoms. The Hall–Kier alpha value is -1.85. The maximum absolute atomic E-state index is 11.9. The molecule has 0 saturated heterocycles.